The minimum atomic E-state index is 0.684. The van der Waals surface area contributed by atoms with Crippen molar-refractivity contribution < 1.29 is 9.59 Å². The first-order valence-corrected chi connectivity index (χ1v) is 12.3. The molecule has 0 aromatic heterocycles. The second-order valence-electron chi connectivity index (χ2n) is 7.61. The maximum atomic E-state index is 10.1. The smallest absolute Gasteiger partial charge is 0.120 e. The van der Waals surface area contributed by atoms with Gasteiger partial charge in [-0.15, -0.1) is 0 Å². The van der Waals surface area contributed by atoms with Gasteiger partial charge in [0, 0.05) is 12.8 Å². The minimum Gasteiger partial charge on any atom is -0.303 e. The third-order valence-electron chi connectivity index (χ3n) is 4.60. The van der Waals surface area contributed by atoms with Crippen molar-refractivity contribution >= 4 is 12.6 Å². The van der Waals surface area contributed by atoms with Crippen LogP contribution in [0.1, 0.15) is 117 Å². The van der Waals surface area contributed by atoms with Crippen LogP contribution in [0.5, 0.6) is 0 Å². The van der Waals surface area contributed by atoms with Gasteiger partial charge in [0.05, 0.1) is 0 Å². The molecule has 2 nitrogen and oxygen atoms in total. The number of hydrogen-bond acceptors (Lipinski definition) is 2. The zero-order valence-corrected chi connectivity index (χ0v) is 19.9. The van der Waals surface area contributed by atoms with Crippen LogP contribution in [-0.4, -0.2) is 12.6 Å². The van der Waals surface area contributed by atoms with E-state index in [1.165, 1.54) is 70.6 Å². The Bertz CT molecular complexity index is 444. The average Bonchev–Trinajstić information content (AvgIpc) is 2.76. The summed E-state index contributed by atoms with van der Waals surface area (Å²) in [6, 6.07) is 0. The van der Waals surface area contributed by atoms with Gasteiger partial charge in [-0.2, -0.15) is 0 Å². The van der Waals surface area contributed by atoms with Crippen molar-refractivity contribution in [3.05, 3.63) is 48.6 Å². The van der Waals surface area contributed by atoms with Crippen molar-refractivity contribution in [2.75, 3.05) is 0 Å². The lowest BCUT2D eigenvalue weighted by atomic mass is 10.1. The van der Waals surface area contributed by atoms with Gasteiger partial charge in [-0.25, -0.2) is 0 Å². The Balaban J connectivity index is 0. The largest absolute Gasteiger partial charge is 0.303 e. The lowest BCUT2D eigenvalue weighted by Gasteiger charge is -1.96. The van der Waals surface area contributed by atoms with Crippen LogP contribution >= 0.6 is 0 Å². The third kappa shape index (κ3) is 33.9. The molecule has 0 radical (unpaired) electrons. The first-order valence-electron chi connectivity index (χ1n) is 12.3. The van der Waals surface area contributed by atoms with Gasteiger partial charge in [0.25, 0.3) is 0 Å². The van der Waals surface area contributed by atoms with Gasteiger partial charge < -0.3 is 9.59 Å². The van der Waals surface area contributed by atoms with Crippen molar-refractivity contribution in [2.24, 2.45) is 0 Å². The summed E-state index contributed by atoms with van der Waals surface area (Å²) >= 11 is 0. The Morgan fingerprint density at radius 2 is 0.733 bits per heavy atom. The molecule has 2 heteroatoms. The van der Waals surface area contributed by atoms with Crippen LogP contribution in [-0.2, 0) is 9.59 Å². The van der Waals surface area contributed by atoms with Gasteiger partial charge in [-0.1, -0.05) is 107 Å². The molecule has 0 aromatic rings. The normalized spacial score (nSPS) is 11.5. The molecule has 30 heavy (non-hydrogen) atoms. The van der Waals surface area contributed by atoms with Crippen molar-refractivity contribution in [1.29, 1.82) is 0 Å². The van der Waals surface area contributed by atoms with Crippen LogP contribution in [0.15, 0.2) is 48.6 Å². The molecule has 0 atom stereocenters. The number of carbonyl (C=O) groups is 2. The van der Waals surface area contributed by atoms with E-state index in [9.17, 15) is 9.59 Å². The maximum Gasteiger partial charge on any atom is 0.120 e. The zero-order valence-electron chi connectivity index (χ0n) is 19.9. The van der Waals surface area contributed by atoms with Gasteiger partial charge in [-0.3, -0.25) is 0 Å². The van der Waals surface area contributed by atoms with E-state index in [1.807, 2.05) is 0 Å². The van der Waals surface area contributed by atoms with Gasteiger partial charge >= 0.3 is 0 Å². The Kier molecular flexibility index (Phi) is 32.5. The number of allylic oxidation sites excluding steroid dienone is 8. The molecule has 0 saturated heterocycles. The van der Waals surface area contributed by atoms with Gasteiger partial charge in [0.1, 0.15) is 12.6 Å². The van der Waals surface area contributed by atoms with Crippen LogP contribution in [0.3, 0.4) is 0 Å². The van der Waals surface area contributed by atoms with Crippen molar-refractivity contribution in [3.63, 3.8) is 0 Å². The van der Waals surface area contributed by atoms with Crippen molar-refractivity contribution in [3.8, 4) is 0 Å². The van der Waals surface area contributed by atoms with E-state index in [-0.39, 0.29) is 0 Å². The van der Waals surface area contributed by atoms with Crippen LogP contribution < -0.4 is 0 Å². The SMILES string of the molecule is CCCC/C=C/C=C\CCCC=O.CCCC/C=C/C=C\CCCCCCCC=O. The van der Waals surface area contributed by atoms with E-state index in [2.05, 4.69) is 62.5 Å². The van der Waals surface area contributed by atoms with Gasteiger partial charge in [-0.05, 0) is 44.9 Å². The summed E-state index contributed by atoms with van der Waals surface area (Å²) in [5.41, 5.74) is 0. The molecule has 0 fully saturated rings. The van der Waals surface area contributed by atoms with Crippen molar-refractivity contribution in [2.45, 2.75) is 117 Å². The Labute approximate surface area is 187 Å². The molecule has 0 spiro atoms. The van der Waals surface area contributed by atoms with E-state index in [0.717, 1.165) is 38.3 Å². The number of aldehydes is 2. The van der Waals surface area contributed by atoms with Gasteiger partial charge in [0.15, 0.2) is 0 Å². The van der Waals surface area contributed by atoms with Crippen molar-refractivity contribution in [1.82, 2.24) is 0 Å². The van der Waals surface area contributed by atoms with E-state index in [4.69, 9.17) is 0 Å². The summed E-state index contributed by atoms with van der Waals surface area (Å²) in [4.78, 5) is 20.1. The molecule has 0 aliphatic heterocycles. The molecule has 0 bridgehead atoms. The fourth-order valence-electron chi connectivity index (χ4n) is 2.68. The molecule has 0 aromatic carbocycles. The predicted molar refractivity (Wildman–Crippen MR) is 134 cm³/mol. The average molecular weight is 417 g/mol. The second kappa shape index (κ2) is 32.0. The van der Waals surface area contributed by atoms with E-state index in [1.54, 1.807) is 0 Å². The summed E-state index contributed by atoms with van der Waals surface area (Å²) in [7, 11) is 0. The molecule has 0 rings (SSSR count). The minimum absolute atomic E-state index is 0.684. The number of unbranched alkanes of at least 4 members (excludes halogenated alkanes) is 12. The molecule has 0 heterocycles. The topological polar surface area (TPSA) is 34.1 Å². The predicted octanol–water partition coefficient (Wildman–Crippen LogP) is 8.88. The van der Waals surface area contributed by atoms with Gasteiger partial charge in [0.2, 0.25) is 0 Å². The molecule has 0 amide bonds. The molecule has 0 saturated carbocycles. The summed E-state index contributed by atoms with van der Waals surface area (Å²) in [6.07, 6.45) is 37.5. The highest BCUT2D eigenvalue weighted by molar-refractivity contribution is 5.49. The van der Waals surface area contributed by atoms with Crippen LogP contribution in [0.25, 0.3) is 0 Å². The molecular weight excluding hydrogens is 368 g/mol. The standard InChI is InChI=1S/C16H28O.C12H20O/c1-2-3-4-5-6-7-8-9-10-11-12-13-14-15-16-17;1-2-3-4-5-6-7-8-9-10-11-12-13/h5-8,16H,2-4,9-15H2,1H3;5-8,12H,2-4,9-11H2,1H3/b2*6-5+,8-7-. The molecule has 0 aliphatic rings. The summed E-state index contributed by atoms with van der Waals surface area (Å²) in [5, 5.41) is 0. The Hall–Kier alpha value is -1.70. The maximum absolute atomic E-state index is 10.1. The zero-order chi connectivity index (χ0) is 22.4. The second-order valence-corrected chi connectivity index (χ2v) is 7.61. The lowest BCUT2D eigenvalue weighted by Crippen LogP contribution is -1.79. The number of carbonyl (C=O) groups excluding carboxylic acids is 2. The van der Waals surface area contributed by atoms with E-state index < -0.39 is 0 Å². The van der Waals surface area contributed by atoms with Crippen LogP contribution in [0, 0.1) is 0 Å². The highest BCUT2D eigenvalue weighted by Gasteiger charge is 1.89. The Morgan fingerprint density at radius 3 is 1.17 bits per heavy atom. The monoisotopic (exact) mass is 416 g/mol. The quantitative estimate of drug-likeness (QED) is 0.113. The summed E-state index contributed by atoms with van der Waals surface area (Å²) < 4.78 is 0. The van der Waals surface area contributed by atoms with Crippen LogP contribution in [0.2, 0.25) is 0 Å². The number of hydrogen-bond donors (Lipinski definition) is 0. The lowest BCUT2D eigenvalue weighted by molar-refractivity contribution is -0.108. The fourth-order valence-corrected chi connectivity index (χ4v) is 2.68. The highest BCUT2D eigenvalue weighted by atomic mass is 16.1. The first kappa shape index (κ1) is 30.5. The summed E-state index contributed by atoms with van der Waals surface area (Å²) in [6.45, 7) is 4.42. The Morgan fingerprint density at radius 1 is 0.400 bits per heavy atom. The molecular formula is C28H48O2. The molecule has 0 unspecified atom stereocenters. The molecule has 0 aliphatic carbocycles. The third-order valence-corrected chi connectivity index (χ3v) is 4.60. The van der Waals surface area contributed by atoms with Crippen LogP contribution in [0.4, 0.5) is 0 Å². The molecule has 172 valence electrons. The van der Waals surface area contributed by atoms with E-state index in [0.29, 0.717) is 6.42 Å². The van der Waals surface area contributed by atoms with E-state index >= 15 is 0 Å². The highest BCUT2D eigenvalue weighted by Crippen LogP contribution is 2.07. The first-order chi connectivity index (χ1) is 14.8. The summed E-state index contributed by atoms with van der Waals surface area (Å²) in [5.74, 6) is 0. The fraction of sp³-hybridized carbons (Fsp3) is 0.643. The number of rotatable bonds is 20. The molecule has 0 N–H and O–H groups in total.